The van der Waals surface area contributed by atoms with Crippen molar-refractivity contribution in [3.63, 3.8) is 0 Å². The molecule has 1 heterocycles. The number of methoxy groups -OCH3 is 1. The number of carbonyl (C=O) groups excluding carboxylic acids is 1. The van der Waals surface area contributed by atoms with Crippen LogP contribution in [0.4, 0.5) is 0 Å². The van der Waals surface area contributed by atoms with Crippen molar-refractivity contribution in [3.05, 3.63) is 58.6 Å². The molecule has 3 rings (SSSR count). The Hall–Kier alpha value is -2.93. The Bertz CT molecular complexity index is 913. The van der Waals surface area contributed by atoms with Crippen LogP contribution in [0.5, 0.6) is 5.75 Å². The van der Waals surface area contributed by atoms with Crippen molar-refractivity contribution in [3.8, 4) is 17.1 Å². The molecule has 0 saturated heterocycles. The van der Waals surface area contributed by atoms with Gasteiger partial charge in [-0.3, -0.25) is 4.79 Å². The van der Waals surface area contributed by atoms with Crippen molar-refractivity contribution in [2.45, 2.75) is 31.6 Å². The van der Waals surface area contributed by atoms with E-state index >= 15 is 0 Å². The third kappa shape index (κ3) is 5.29. The lowest BCUT2D eigenvalue weighted by atomic mass is 9.87. The molecule has 0 spiro atoms. The maximum atomic E-state index is 11.2. The monoisotopic (exact) mass is 399 g/mol. The fourth-order valence-electron chi connectivity index (χ4n) is 3.22. The second kappa shape index (κ2) is 9.32. The molecule has 1 amide bonds. The third-order valence-corrected chi connectivity index (χ3v) is 4.83. The first-order valence-electron chi connectivity index (χ1n) is 9.00. The quantitative estimate of drug-likeness (QED) is 0.572. The maximum absolute atomic E-state index is 11.2. The average Bonchev–Trinajstić information content (AvgIpc) is 3.22. The van der Waals surface area contributed by atoms with E-state index in [9.17, 15) is 4.79 Å². The van der Waals surface area contributed by atoms with Gasteiger partial charge in [-0.1, -0.05) is 23.7 Å². The van der Waals surface area contributed by atoms with Gasteiger partial charge in [-0.2, -0.15) is 5.21 Å². The number of ether oxygens (including phenoxy) is 1. The van der Waals surface area contributed by atoms with Gasteiger partial charge in [-0.25, -0.2) is 0 Å². The Balaban J connectivity index is 1.87. The first-order valence-corrected chi connectivity index (χ1v) is 9.38. The number of hydrogen-bond acceptors (Lipinski definition) is 5. The summed E-state index contributed by atoms with van der Waals surface area (Å²) >= 11 is 6.36. The second-order valence-electron chi connectivity index (χ2n) is 6.62. The molecule has 28 heavy (non-hydrogen) atoms. The number of primary amides is 1. The molecular weight excluding hydrogens is 378 g/mol. The van der Waals surface area contributed by atoms with Crippen LogP contribution in [0.15, 0.2) is 42.5 Å². The Labute approximate surface area is 168 Å². The van der Waals surface area contributed by atoms with E-state index in [1.807, 2.05) is 42.5 Å². The number of aromatic nitrogens is 4. The summed E-state index contributed by atoms with van der Waals surface area (Å²) in [5.41, 5.74) is 8.35. The molecule has 3 N–H and O–H groups in total. The topological polar surface area (TPSA) is 107 Å². The second-order valence-corrected chi connectivity index (χ2v) is 7.05. The van der Waals surface area contributed by atoms with Crippen LogP contribution >= 0.6 is 11.6 Å². The number of carbonyl (C=O) groups is 1. The molecule has 3 aromatic rings. The summed E-state index contributed by atoms with van der Waals surface area (Å²) in [6.45, 7) is 0. The highest BCUT2D eigenvalue weighted by Crippen LogP contribution is 2.32. The molecule has 7 nitrogen and oxygen atoms in total. The normalized spacial score (nSPS) is 11.9. The molecule has 0 saturated carbocycles. The summed E-state index contributed by atoms with van der Waals surface area (Å²) < 4.78 is 5.23. The number of rotatable bonds is 9. The van der Waals surface area contributed by atoms with Crippen molar-refractivity contribution in [2.24, 2.45) is 5.73 Å². The first-order chi connectivity index (χ1) is 13.5. The van der Waals surface area contributed by atoms with E-state index in [1.54, 1.807) is 7.11 Å². The smallest absolute Gasteiger partial charge is 0.217 e. The number of halogens is 1. The molecule has 2 aromatic carbocycles. The van der Waals surface area contributed by atoms with E-state index in [4.69, 9.17) is 22.1 Å². The summed E-state index contributed by atoms with van der Waals surface area (Å²) in [6.07, 6.45) is 2.67. The van der Waals surface area contributed by atoms with Crippen LogP contribution in [0, 0.1) is 0 Å². The van der Waals surface area contributed by atoms with Crippen molar-refractivity contribution < 1.29 is 9.53 Å². The number of aromatic amines is 1. The van der Waals surface area contributed by atoms with Crippen molar-refractivity contribution in [2.75, 3.05) is 7.11 Å². The number of nitrogens with one attached hydrogen (secondary N) is 1. The molecule has 0 bridgehead atoms. The zero-order valence-corrected chi connectivity index (χ0v) is 16.3. The highest BCUT2D eigenvalue weighted by molar-refractivity contribution is 6.30. The van der Waals surface area contributed by atoms with E-state index in [2.05, 4.69) is 20.6 Å². The Morgan fingerprint density at radius 1 is 1.25 bits per heavy atom. The molecule has 1 atom stereocenters. The molecule has 0 radical (unpaired) electrons. The summed E-state index contributed by atoms with van der Waals surface area (Å²) in [5.74, 6) is 1.18. The molecule has 0 aliphatic rings. The van der Waals surface area contributed by atoms with Crippen LogP contribution in [0.3, 0.4) is 0 Å². The lowest BCUT2D eigenvalue weighted by Gasteiger charge is -2.19. The van der Waals surface area contributed by atoms with Gasteiger partial charge in [0.05, 0.1) is 7.11 Å². The van der Waals surface area contributed by atoms with Crippen LogP contribution in [-0.4, -0.2) is 33.6 Å². The van der Waals surface area contributed by atoms with Gasteiger partial charge in [-0.05, 0) is 71.9 Å². The molecule has 0 aliphatic heterocycles. The Kier molecular flexibility index (Phi) is 6.60. The van der Waals surface area contributed by atoms with Crippen LogP contribution in [-0.2, 0) is 11.2 Å². The van der Waals surface area contributed by atoms with E-state index in [1.165, 1.54) is 5.56 Å². The SMILES string of the molecule is COc1ccc(CC(CCCC(N)=O)c2cc(Cl)cc(-c3nn[nH]n3)c2)cc1. The largest absolute Gasteiger partial charge is 0.497 e. The zero-order chi connectivity index (χ0) is 19.9. The van der Waals surface area contributed by atoms with Crippen molar-refractivity contribution >= 4 is 17.5 Å². The summed E-state index contributed by atoms with van der Waals surface area (Å²) in [4.78, 5) is 11.2. The molecule has 8 heteroatoms. The van der Waals surface area contributed by atoms with Gasteiger partial charge in [0.15, 0.2) is 0 Å². The van der Waals surface area contributed by atoms with Crippen LogP contribution in [0.25, 0.3) is 11.4 Å². The summed E-state index contributed by atoms with van der Waals surface area (Å²) in [7, 11) is 1.65. The third-order valence-electron chi connectivity index (χ3n) is 4.61. The molecule has 1 aromatic heterocycles. The lowest BCUT2D eigenvalue weighted by molar-refractivity contribution is -0.118. The fraction of sp³-hybridized carbons (Fsp3) is 0.300. The van der Waals surface area contributed by atoms with E-state index in [0.717, 1.165) is 29.7 Å². The predicted molar refractivity (Wildman–Crippen MR) is 107 cm³/mol. The highest BCUT2D eigenvalue weighted by atomic mass is 35.5. The minimum absolute atomic E-state index is 0.164. The van der Waals surface area contributed by atoms with Crippen molar-refractivity contribution in [1.82, 2.24) is 20.6 Å². The number of amides is 1. The lowest BCUT2D eigenvalue weighted by Crippen LogP contribution is -2.11. The zero-order valence-electron chi connectivity index (χ0n) is 15.6. The first kappa shape index (κ1) is 19.8. The summed E-state index contributed by atoms with van der Waals surface area (Å²) in [6, 6.07) is 13.8. The minimum atomic E-state index is -0.290. The number of nitrogens with two attached hydrogens (primary N) is 1. The van der Waals surface area contributed by atoms with Crippen LogP contribution in [0.1, 0.15) is 36.3 Å². The van der Waals surface area contributed by atoms with Gasteiger partial charge in [0.1, 0.15) is 5.75 Å². The van der Waals surface area contributed by atoms with E-state index in [0.29, 0.717) is 23.7 Å². The summed E-state index contributed by atoms with van der Waals surface area (Å²) in [5, 5.41) is 14.7. The Morgan fingerprint density at radius 2 is 2.04 bits per heavy atom. The molecule has 0 fully saturated rings. The van der Waals surface area contributed by atoms with Gasteiger partial charge in [0.25, 0.3) is 0 Å². The van der Waals surface area contributed by atoms with E-state index in [-0.39, 0.29) is 11.8 Å². The van der Waals surface area contributed by atoms with E-state index < -0.39 is 0 Å². The molecule has 146 valence electrons. The van der Waals surface area contributed by atoms with Crippen LogP contribution < -0.4 is 10.5 Å². The van der Waals surface area contributed by atoms with Gasteiger partial charge >= 0.3 is 0 Å². The number of benzene rings is 2. The maximum Gasteiger partial charge on any atom is 0.217 e. The van der Waals surface area contributed by atoms with Crippen LogP contribution in [0.2, 0.25) is 5.02 Å². The van der Waals surface area contributed by atoms with Crippen molar-refractivity contribution in [1.29, 1.82) is 0 Å². The fourth-order valence-corrected chi connectivity index (χ4v) is 3.46. The Morgan fingerprint density at radius 3 is 2.68 bits per heavy atom. The standard InChI is InChI=1S/C20H22ClN5O2/c1-28-18-7-5-13(6-8-18)9-14(3-2-4-19(22)27)15-10-16(12-17(21)11-15)20-23-25-26-24-20/h5-8,10-12,14H,2-4,9H2,1H3,(H2,22,27)(H,23,24,25,26). The number of hydrogen-bond donors (Lipinski definition) is 2. The molecule has 1 unspecified atom stereocenters. The van der Waals surface area contributed by atoms with Gasteiger partial charge in [-0.15, -0.1) is 10.2 Å². The number of tetrazole rings is 1. The van der Waals surface area contributed by atoms with Gasteiger partial charge in [0.2, 0.25) is 11.7 Å². The molecular formula is C20H22ClN5O2. The predicted octanol–water partition coefficient (Wildman–Crippen LogP) is 3.51. The molecule has 0 aliphatic carbocycles. The van der Waals surface area contributed by atoms with Gasteiger partial charge in [0, 0.05) is 17.0 Å². The number of nitrogens with zero attached hydrogens (tertiary/aromatic N) is 3. The highest BCUT2D eigenvalue weighted by Gasteiger charge is 2.16. The van der Waals surface area contributed by atoms with Gasteiger partial charge < -0.3 is 10.5 Å². The number of H-pyrrole nitrogens is 1. The average molecular weight is 400 g/mol. The minimum Gasteiger partial charge on any atom is -0.497 e.